The van der Waals surface area contributed by atoms with Gasteiger partial charge in [0.05, 0.1) is 6.17 Å². The van der Waals surface area contributed by atoms with Crippen LogP contribution < -0.4 is 5.73 Å². The quantitative estimate of drug-likeness (QED) is 0.592. The van der Waals surface area contributed by atoms with Crippen LogP contribution in [0.1, 0.15) is 27.2 Å². The third-order valence-corrected chi connectivity index (χ3v) is 2.28. The van der Waals surface area contributed by atoms with Gasteiger partial charge in [0.1, 0.15) is 0 Å². The summed E-state index contributed by atoms with van der Waals surface area (Å²) < 4.78 is 0. The fourth-order valence-electron chi connectivity index (χ4n) is 1.50. The van der Waals surface area contributed by atoms with E-state index >= 15 is 0 Å². The molecule has 1 fully saturated rings. The summed E-state index contributed by atoms with van der Waals surface area (Å²) >= 11 is 0. The van der Waals surface area contributed by atoms with E-state index in [0.29, 0.717) is 5.41 Å². The van der Waals surface area contributed by atoms with Crippen LogP contribution in [0.2, 0.25) is 0 Å². The van der Waals surface area contributed by atoms with Gasteiger partial charge in [-0.15, -0.1) is 0 Å². The van der Waals surface area contributed by atoms with Gasteiger partial charge in [-0.25, -0.2) is 0 Å². The molecule has 2 heteroatoms. The SMILES string of the molecule is CC(N)N1CCC(C)(C)C1. The smallest absolute Gasteiger partial charge is 0.0542 e. The molecule has 1 unspecified atom stereocenters. The normalized spacial score (nSPS) is 28.8. The van der Waals surface area contributed by atoms with Gasteiger partial charge in [-0.3, -0.25) is 4.90 Å². The maximum absolute atomic E-state index is 5.74. The third-order valence-electron chi connectivity index (χ3n) is 2.28. The van der Waals surface area contributed by atoms with E-state index in [1.807, 2.05) is 0 Å². The number of nitrogens with two attached hydrogens (primary N) is 1. The Bertz CT molecular complexity index is 118. The number of likely N-dealkylation sites (tertiary alicyclic amines) is 1. The van der Waals surface area contributed by atoms with Crippen molar-refractivity contribution in [3.63, 3.8) is 0 Å². The minimum Gasteiger partial charge on any atom is -0.316 e. The highest BCUT2D eigenvalue weighted by Gasteiger charge is 2.30. The fourth-order valence-corrected chi connectivity index (χ4v) is 1.50. The molecule has 0 spiro atoms. The molecule has 0 aromatic heterocycles. The zero-order valence-electron chi connectivity index (χ0n) is 7.22. The van der Waals surface area contributed by atoms with Crippen molar-refractivity contribution in [1.82, 2.24) is 4.90 Å². The van der Waals surface area contributed by atoms with E-state index in [2.05, 4.69) is 25.7 Å². The van der Waals surface area contributed by atoms with Gasteiger partial charge < -0.3 is 5.73 Å². The van der Waals surface area contributed by atoms with Gasteiger partial charge >= 0.3 is 0 Å². The molecule has 0 bridgehead atoms. The van der Waals surface area contributed by atoms with E-state index in [0.717, 1.165) is 6.54 Å². The van der Waals surface area contributed by atoms with Gasteiger partial charge in [-0.05, 0) is 18.8 Å². The van der Waals surface area contributed by atoms with Crippen molar-refractivity contribution in [2.24, 2.45) is 11.1 Å². The molecular formula is C8H18N2. The summed E-state index contributed by atoms with van der Waals surface area (Å²) in [6.45, 7) is 8.99. The molecule has 0 radical (unpaired) electrons. The molecule has 1 aliphatic rings. The Morgan fingerprint density at radius 3 is 2.30 bits per heavy atom. The number of hydrogen-bond acceptors (Lipinski definition) is 2. The number of hydrogen-bond donors (Lipinski definition) is 1. The van der Waals surface area contributed by atoms with Crippen molar-refractivity contribution in [2.75, 3.05) is 13.1 Å². The summed E-state index contributed by atoms with van der Waals surface area (Å²) in [6.07, 6.45) is 1.52. The molecule has 0 aromatic rings. The highest BCUT2D eigenvalue weighted by Crippen LogP contribution is 2.28. The van der Waals surface area contributed by atoms with Crippen molar-refractivity contribution in [1.29, 1.82) is 0 Å². The summed E-state index contributed by atoms with van der Waals surface area (Å²) in [4.78, 5) is 2.33. The Balaban J connectivity index is 2.43. The largest absolute Gasteiger partial charge is 0.316 e. The third kappa shape index (κ3) is 1.70. The predicted octanol–water partition coefficient (Wildman–Crippen LogP) is 1.02. The van der Waals surface area contributed by atoms with Crippen LogP contribution in [0.4, 0.5) is 0 Å². The lowest BCUT2D eigenvalue weighted by atomic mass is 9.93. The van der Waals surface area contributed by atoms with Crippen LogP contribution in [0, 0.1) is 5.41 Å². The minimum absolute atomic E-state index is 0.238. The summed E-state index contributed by atoms with van der Waals surface area (Å²) in [5, 5.41) is 0. The van der Waals surface area contributed by atoms with Crippen LogP contribution in [0.5, 0.6) is 0 Å². The second-order valence-electron chi connectivity index (χ2n) is 4.13. The predicted molar refractivity (Wildman–Crippen MR) is 43.6 cm³/mol. The van der Waals surface area contributed by atoms with E-state index in [1.54, 1.807) is 0 Å². The second-order valence-corrected chi connectivity index (χ2v) is 4.13. The van der Waals surface area contributed by atoms with E-state index in [-0.39, 0.29) is 6.17 Å². The Hall–Kier alpha value is -0.0800. The second kappa shape index (κ2) is 2.51. The van der Waals surface area contributed by atoms with E-state index < -0.39 is 0 Å². The van der Waals surface area contributed by atoms with Gasteiger partial charge in [0.2, 0.25) is 0 Å². The lowest BCUT2D eigenvalue weighted by Crippen LogP contribution is -2.38. The first-order valence-corrected chi connectivity index (χ1v) is 4.01. The molecule has 60 valence electrons. The highest BCUT2D eigenvalue weighted by atomic mass is 15.2. The summed E-state index contributed by atoms with van der Waals surface area (Å²) in [7, 11) is 0. The zero-order valence-corrected chi connectivity index (χ0v) is 7.22. The average molecular weight is 142 g/mol. The first kappa shape index (κ1) is 8.02. The first-order valence-electron chi connectivity index (χ1n) is 4.01. The van der Waals surface area contributed by atoms with E-state index in [9.17, 15) is 0 Å². The molecule has 1 aliphatic heterocycles. The molecule has 10 heavy (non-hydrogen) atoms. The van der Waals surface area contributed by atoms with Crippen molar-refractivity contribution in [3.05, 3.63) is 0 Å². The lowest BCUT2D eigenvalue weighted by Gasteiger charge is -2.22. The van der Waals surface area contributed by atoms with Crippen LogP contribution >= 0.6 is 0 Å². The summed E-state index contributed by atoms with van der Waals surface area (Å²) in [6, 6.07) is 0. The standard InChI is InChI=1S/C8H18N2/c1-7(9)10-5-4-8(2,3)6-10/h7H,4-6,9H2,1-3H3. The monoisotopic (exact) mass is 142 g/mol. The van der Waals surface area contributed by atoms with Crippen LogP contribution in [0.15, 0.2) is 0 Å². The maximum atomic E-state index is 5.74. The van der Waals surface area contributed by atoms with Crippen LogP contribution in [-0.2, 0) is 0 Å². The molecule has 2 nitrogen and oxygen atoms in total. The molecule has 0 saturated carbocycles. The Morgan fingerprint density at radius 1 is 1.50 bits per heavy atom. The van der Waals surface area contributed by atoms with Crippen molar-refractivity contribution in [2.45, 2.75) is 33.4 Å². The van der Waals surface area contributed by atoms with Crippen molar-refractivity contribution in [3.8, 4) is 0 Å². The molecule has 0 aliphatic carbocycles. The van der Waals surface area contributed by atoms with E-state index in [4.69, 9.17) is 5.73 Å². The number of rotatable bonds is 1. The van der Waals surface area contributed by atoms with Gasteiger partial charge in [0.25, 0.3) is 0 Å². The molecule has 0 aromatic carbocycles. The Morgan fingerprint density at radius 2 is 2.10 bits per heavy atom. The van der Waals surface area contributed by atoms with Gasteiger partial charge in [0, 0.05) is 13.1 Å². The van der Waals surface area contributed by atoms with Gasteiger partial charge in [0.15, 0.2) is 0 Å². The summed E-state index contributed by atoms with van der Waals surface area (Å²) in [5.74, 6) is 0. The molecular weight excluding hydrogens is 124 g/mol. The first-order chi connectivity index (χ1) is 4.51. The molecule has 1 atom stereocenters. The summed E-state index contributed by atoms with van der Waals surface area (Å²) in [5.41, 5.74) is 6.24. The van der Waals surface area contributed by atoms with Gasteiger partial charge in [-0.1, -0.05) is 13.8 Å². The average Bonchev–Trinajstić information content (AvgIpc) is 2.10. The Kier molecular flexibility index (Phi) is 2.02. The molecule has 1 rings (SSSR count). The van der Waals surface area contributed by atoms with Crippen LogP contribution in [-0.4, -0.2) is 24.2 Å². The van der Waals surface area contributed by atoms with Crippen molar-refractivity contribution < 1.29 is 0 Å². The van der Waals surface area contributed by atoms with E-state index in [1.165, 1.54) is 13.0 Å². The number of nitrogens with zero attached hydrogens (tertiary/aromatic N) is 1. The van der Waals surface area contributed by atoms with Gasteiger partial charge in [-0.2, -0.15) is 0 Å². The molecule has 2 N–H and O–H groups in total. The van der Waals surface area contributed by atoms with Crippen LogP contribution in [0.25, 0.3) is 0 Å². The minimum atomic E-state index is 0.238. The Labute approximate surface area is 63.4 Å². The maximum Gasteiger partial charge on any atom is 0.0542 e. The molecule has 1 saturated heterocycles. The molecule has 1 heterocycles. The molecule has 0 amide bonds. The highest BCUT2D eigenvalue weighted by molar-refractivity contribution is 4.83. The lowest BCUT2D eigenvalue weighted by molar-refractivity contribution is 0.234. The fraction of sp³-hybridized carbons (Fsp3) is 1.00. The zero-order chi connectivity index (χ0) is 7.78. The van der Waals surface area contributed by atoms with Crippen LogP contribution in [0.3, 0.4) is 0 Å². The van der Waals surface area contributed by atoms with Crippen molar-refractivity contribution >= 4 is 0 Å². The topological polar surface area (TPSA) is 29.3 Å².